The van der Waals surface area contributed by atoms with Crippen LogP contribution in [0.15, 0.2) is 24.4 Å². The van der Waals surface area contributed by atoms with Gasteiger partial charge in [0.15, 0.2) is 0 Å². The molecular formula is C43H85N. The molecule has 0 heterocycles. The first-order valence-electron chi connectivity index (χ1n) is 20.7. The van der Waals surface area contributed by atoms with Crippen LogP contribution in [0.1, 0.15) is 233 Å². The molecule has 0 aliphatic carbocycles. The standard InChI is InChI=1S/C43H85N/c1-6-9-11-13-15-16-17-18-19-20-21-22-23-25-28-32-36-40-44(43(5)8-3)41-37-33-29-26-24-27-31-35-39-42(4)38-34-30-14-12-10-7-2/h18-19,42H,5-17,20-41H2,1-4H3/b19-18+. The van der Waals surface area contributed by atoms with Crippen molar-refractivity contribution in [2.24, 2.45) is 5.92 Å². The Balaban J connectivity index is 3.57. The van der Waals surface area contributed by atoms with Gasteiger partial charge in [-0.1, -0.05) is 207 Å². The fourth-order valence-electron chi connectivity index (χ4n) is 6.65. The van der Waals surface area contributed by atoms with Crippen LogP contribution in [-0.4, -0.2) is 18.0 Å². The molecule has 0 fully saturated rings. The lowest BCUT2D eigenvalue weighted by Gasteiger charge is -2.26. The van der Waals surface area contributed by atoms with E-state index in [0.29, 0.717) is 0 Å². The molecule has 1 unspecified atom stereocenters. The molecule has 0 aromatic rings. The molecule has 0 bridgehead atoms. The molecule has 44 heavy (non-hydrogen) atoms. The third kappa shape index (κ3) is 32.7. The molecule has 0 aliphatic rings. The molecule has 1 atom stereocenters. The zero-order chi connectivity index (χ0) is 32.2. The zero-order valence-electron chi connectivity index (χ0n) is 31.4. The summed E-state index contributed by atoms with van der Waals surface area (Å²) in [5.41, 5.74) is 1.36. The van der Waals surface area contributed by atoms with E-state index in [1.807, 2.05) is 0 Å². The van der Waals surface area contributed by atoms with Crippen LogP contribution < -0.4 is 0 Å². The second kappa shape index (κ2) is 36.7. The molecule has 1 heteroatoms. The summed E-state index contributed by atoms with van der Waals surface area (Å²) in [5.74, 6) is 0.948. The lowest BCUT2D eigenvalue weighted by atomic mass is 9.96. The highest BCUT2D eigenvalue weighted by Crippen LogP contribution is 2.19. The van der Waals surface area contributed by atoms with Crippen molar-refractivity contribution in [3.63, 3.8) is 0 Å². The van der Waals surface area contributed by atoms with Crippen LogP contribution >= 0.6 is 0 Å². The third-order valence-corrected chi connectivity index (χ3v) is 9.97. The van der Waals surface area contributed by atoms with Crippen molar-refractivity contribution >= 4 is 0 Å². The average Bonchev–Trinajstić information content (AvgIpc) is 3.03. The lowest BCUT2D eigenvalue weighted by molar-refractivity contribution is 0.316. The van der Waals surface area contributed by atoms with E-state index < -0.39 is 0 Å². The largest absolute Gasteiger partial charge is 0.375 e. The number of hydrogen-bond acceptors (Lipinski definition) is 1. The molecule has 0 saturated carbocycles. The summed E-state index contributed by atoms with van der Waals surface area (Å²) in [6.45, 7) is 16.2. The summed E-state index contributed by atoms with van der Waals surface area (Å²) >= 11 is 0. The monoisotopic (exact) mass is 616 g/mol. The van der Waals surface area contributed by atoms with Gasteiger partial charge < -0.3 is 4.90 Å². The van der Waals surface area contributed by atoms with Crippen LogP contribution in [0, 0.1) is 5.92 Å². The quantitative estimate of drug-likeness (QED) is 0.0496. The van der Waals surface area contributed by atoms with Gasteiger partial charge in [-0.05, 0) is 50.9 Å². The predicted octanol–water partition coefficient (Wildman–Crippen LogP) is 15.5. The molecule has 0 amide bonds. The Labute approximate surface area is 280 Å². The number of rotatable bonds is 37. The molecule has 0 rings (SSSR count). The van der Waals surface area contributed by atoms with Crippen molar-refractivity contribution in [3.8, 4) is 0 Å². The maximum absolute atomic E-state index is 4.39. The van der Waals surface area contributed by atoms with Crippen LogP contribution in [0.25, 0.3) is 0 Å². The lowest BCUT2D eigenvalue weighted by Crippen LogP contribution is -2.24. The average molecular weight is 616 g/mol. The topological polar surface area (TPSA) is 3.24 Å². The molecule has 0 aromatic heterocycles. The first kappa shape index (κ1) is 43.3. The van der Waals surface area contributed by atoms with Gasteiger partial charge in [-0.25, -0.2) is 0 Å². The van der Waals surface area contributed by atoms with Gasteiger partial charge in [-0.3, -0.25) is 0 Å². The van der Waals surface area contributed by atoms with E-state index in [-0.39, 0.29) is 0 Å². The normalized spacial score (nSPS) is 12.4. The summed E-state index contributed by atoms with van der Waals surface area (Å²) in [6, 6.07) is 0. The van der Waals surface area contributed by atoms with Crippen LogP contribution in [0.4, 0.5) is 0 Å². The molecular weight excluding hydrogens is 530 g/mol. The zero-order valence-corrected chi connectivity index (χ0v) is 31.4. The van der Waals surface area contributed by atoms with E-state index in [1.54, 1.807) is 0 Å². The van der Waals surface area contributed by atoms with Crippen molar-refractivity contribution < 1.29 is 0 Å². The summed E-state index contributed by atoms with van der Waals surface area (Å²) in [5, 5.41) is 0. The van der Waals surface area contributed by atoms with E-state index in [2.05, 4.69) is 51.3 Å². The predicted molar refractivity (Wildman–Crippen MR) is 204 cm³/mol. The van der Waals surface area contributed by atoms with Crippen LogP contribution in [0.3, 0.4) is 0 Å². The van der Waals surface area contributed by atoms with Crippen LogP contribution in [-0.2, 0) is 0 Å². The highest BCUT2D eigenvalue weighted by Gasteiger charge is 2.06. The molecule has 1 nitrogen and oxygen atoms in total. The Hall–Kier alpha value is -0.720. The second-order valence-corrected chi connectivity index (χ2v) is 14.5. The van der Waals surface area contributed by atoms with Crippen LogP contribution in [0.2, 0.25) is 0 Å². The number of allylic oxidation sites excluding steroid dienone is 3. The van der Waals surface area contributed by atoms with Crippen LogP contribution in [0.5, 0.6) is 0 Å². The van der Waals surface area contributed by atoms with Crippen molar-refractivity contribution in [1.29, 1.82) is 0 Å². The second-order valence-electron chi connectivity index (χ2n) is 14.5. The number of hydrogen-bond donors (Lipinski definition) is 0. The van der Waals surface area contributed by atoms with Gasteiger partial charge in [-0.15, -0.1) is 0 Å². The number of nitrogens with zero attached hydrogens (tertiary/aromatic N) is 1. The Bertz CT molecular complexity index is 577. The molecule has 0 aromatic carbocycles. The molecule has 0 spiro atoms. The van der Waals surface area contributed by atoms with Gasteiger partial charge >= 0.3 is 0 Å². The molecule has 0 saturated heterocycles. The summed E-state index contributed by atoms with van der Waals surface area (Å²) in [4.78, 5) is 2.61. The minimum absolute atomic E-state index is 0.948. The Morgan fingerprint density at radius 1 is 0.455 bits per heavy atom. The first-order chi connectivity index (χ1) is 21.7. The maximum atomic E-state index is 4.39. The van der Waals surface area contributed by atoms with Gasteiger partial charge in [0.05, 0.1) is 0 Å². The maximum Gasteiger partial charge on any atom is 0.0174 e. The highest BCUT2D eigenvalue weighted by atomic mass is 15.1. The van der Waals surface area contributed by atoms with E-state index in [0.717, 1.165) is 12.3 Å². The van der Waals surface area contributed by atoms with Gasteiger partial charge in [0, 0.05) is 18.8 Å². The Morgan fingerprint density at radius 2 is 0.773 bits per heavy atom. The Kier molecular flexibility index (Phi) is 36.1. The Morgan fingerprint density at radius 3 is 1.14 bits per heavy atom. The van der Waals surface area contributed by atoms with Gasteiger partial charge in [0.2, 0.25) is 0 Å². The van der Waals surface area contributed by atoms with E-state index in [1.165, 1.54) is 218 Å². The summed E-state index contributed by atoms with van der Waals surface area (Å²) in [6.07, 6.45) is 49.9. The van der Waals surface area contributed by atoms with E-state index in [9.17, 15) is 0 Å². The molecule has 0 radical (unpaired) electrons. The van der Waals surface area contributed by atoms with Gasteiger partial charge in [0.1, 0.15) is 0 Å². The third-order valence-electron chi connectivity index (χ3n) is 9.97. The number of unbranched alkanes of at least 4 members (excludes halogenated alkanes) is 25. The van der Waals surface area contributed by atoms with Crippen molar-refractivity contribution in [3.05, 3.63) is 24.4 Å². The van der Waals surface area contributed by atoms with E-state index >= 15 is 0 Å². The SMILES string of the molecule is C=C(CC)N(CCCCCCCCC/C=C/CCCCCCCC)CCCCCCCCCCC(C)CCCCCCCC. The van der Waals surface area contributed by atoms with Crippen molar-refractivity contribution in [2.75, 3.05) is 13.1 Å². The molecule has 262 valence electrons. The summed E-state index contributed by atoms with van der Waals surface area (Å²) < 4.78 is 0. The summed E-state index contributed by atoms with van der Waals surface area (Å²) in [7, 11) is 0. The van der Waals surface area contributed by atoms with Crippen molar-refractivity contribution in [2.45, 2.75) is 233 Å². The first-order valence-corrected chi connectivity index (χ1v) is 20.7. The van der Waals surface area contributed by atoms with Gasteiger partial charge in [0.25, 0.3) is 0 Å². The highest BCUT2D eigenvalue weighted by molar-refractivity contribution is 4.92. The van der Waals surface area contributed by atoms with E-state index in [4.69, 9.17) is 0 Å². The minimum Gasteiger partial charge on any atom is -0.375 e. The molecule has 0 aliphatic heterocycles. The van der Waals surface area contributed by atoms with Gasteiger partial charge in [-0.2, -0.15) is 0 Å². The fourth-order valence-corrected chi connectivity index (χ4v) is 6.65. The minimum atomic E-state index is 0.948. The molecule has 0 N–H and O–H groups in total. The smallest absolute Gasteiger partial charge is 0.0174 e. The fraction of sp³-hybridized carbons (Fsp3) is 0.907. The van der Waals surface area contributed by atoms with Crippen molar-refractivity contribution in [1.82, 2.24) is 4.90 Å².